The lowest BCUT2D eigenvalue weighted by molar-refractivity contribution is 0.255. The fourth-order valence-electron chi connectivity index (χ4n) is 0.934. The monoisotopic (exact) mass is 192 g/mol. The van der Waals surface area contributed by atoms with Gasteiger partial charge in [-0.1, -0.05) is 6.58 Å². The first-order chi connectivity index (χ1) is 6.76. The normalized spacial score (nSPS) is 8.93. The SMILES string of the molecule is C=CNC(=O)Nc1ccc(OC)cc1. The minimum absolute atomic E-state index is 0.315. The van der Waals surface area contributed by atoms with Gasteiger partial charge in [-0.2, -0.15) is 0 Å². The molecule has 4 nitrogen and oxygen atoms in total. The summed E-state index contributed by atoms with van der Waals surface area (Å²) in [6.45, 7) is 3.38. The average molecular weight is 192 g/mol. The lowest BCUT2D eigenvalue weighted by atomic mass is 10.3. The minimum Gasteiger partial charge on any atom is -0.497 e. The molecule has 0 radical (unpaired) electrons. The second-order valence-electron chi connectivity index (χ2n) is 2.53. The lowest BCUT2D eigenvalue weighted by Crippen LogP contribution is -2.23. The van der Waals surface area contributed by atoms with Crippen LogP contribution in [0, 0.1) is 0 Å². The van der Waals surface area contributed by atoms with Crippen molar-refractivity contribution in [2.24, 2.45) is 0 Å². The Morgan fingerprint density at radius 2 is 2.07 bits per heavy atom. The molecule has 0 saturated carbocycles. The van der Waals surface area contributed by atoms with Crippen LogP contribution in [0.3, 0.4) is 0 Å². The number of anilines is 1. The van der Waals surface area contributed by atoms with E-state index in [0.29, 0.717) is 5.69 Å². The van der Waals surface area contributed by atoms with Crippen LogP contribution >= 0.6 is 0 Å². The number of rotatable bonds is 3. The van der Waals surface area contributed by atoms with Crippen LogP contribution in [-0.2, 0) is 0 Å². The topological polar surface area (TPSA) is 50.4 Å². The maximum Gasteiger partial charge on any atom is 0.323 e. The van der Waals surface area contributed by atoms with E-state index in [9.17, 15) is 4.79 Å². The third-order valence-electron chi connectivity index (χ3n) is 1.58. The van der Waals surface area contributed by atoms with Crippen molar-refractivity contribution in [3.8, 4) is 5.75 Å². The Balaban J connectivity index is 2.59. The first kappa shape index (κ1) is 10.1. The van der Waals surface area contributed by atoms with E-state index in [4.69, 9.17) is 4.74 Å². The fraction of sp³-hybridized carbons (Fsp3) is 0.100. The van der Waals surface area contributed by atoms with Crippen LogP contribution in [0.4, 0.5) is 10.5 Å². The molecule has 14 heavy (non-hydrogen) atoms. The first-order valence-corrected chi connectivity index (χ1v) is 4.08. The van der Waals surface area contributed by atoms with Gasteiger partial charge in [0.2, 0.25) is 0 Å². The summed E-state index contributed by atoms with van der Waals surface area (Å²) in [7, 11) is 1.59. The standard InChI is InChI=1S/C10H12N2O2/c1-3-11-10(13)12-8-4-6-9(14-2)7-5-8/h3-7H,1H2,2H3,(H2,11,12,13). The van der Waals surface area contributed by atoms with E-state index in [0.717, 1.165) is 5.75 Å². The van der Waals surface area contributed by atoms with Crippen LogP contribution in [0.15, 0.2) is 37.0 Å². The van der Waals surface area contributed by atoms with Crippen molar-refractivity contribution in [1.29, 1.82) is 0 Å². The average Bonchev–Trinajstić information content (AvgIpc) is 2.19. The summed E-state index contributed by atoms with van der Waals surface area (Å²) in [5.74, 6) is 0.750. The quantitative estimate of drug-likeness (QED) is 0.769. The van der Waals surface area contributed by atoms with Gasteiger partial charge in [0.05, 0.1) is 7.11 Å². The molecule has 74 valence electrons. The summed E-state index contributed by atoms with van der Waals surface area (Å²) >= 11 is 0. The van der Waals surface area contributed by atoms with Crippen LogP contribution in [0.2, 0.25) is 0 Å². The predicted octanol–water partition coefficient (Wildman–Crippen LogP) is 1.96. The number of amides is 2. The number of carbonyl (C=O) groups excluding carboxylic acids is 1. The van der Waals surface area contributed by atoms with Crippen LogP contribution in [0.25, 0.3) is 0 Å². The van der Waals surface area contributed by atoms with Gasteiger partial charge in [0.25, 0.3) is 0 Å². The molecule has 0 aliphatic carbocycles. The molecule has 0 fully saturated rings. The van der Waals surface area contributed by atoms with Crippen molar-refractivity contribution in [3.05, 3.63) is 37.0 Å². The highest BCUT2D eigenvalue weighted by Crippen LogP contribution is 2.14. The third kappa shape index (κ3) is 2.82. The molecule has 0 unspecified atom stereocenters. The lowest BCUT2D eigenvalue weighted by Gasteiger charge is -2.05. The van der Waals surface area contributed by atoms with Gasteiger partial charge in [0.15, 0.2) is 0 Å². The molecule has 0 atom stereocenters. The number of hydrogen-bond acceptors (Lipinski definition) is 2. The smallest absolute Gasteiger partial charge is 0.323 e. The number of methoxy groups -OCH3 is 1. The highest BCUT2D eigenvalue weighted by atomic mass is 16.5. The zero-order valence-corrected chi connectivity index (χ0v) is 7.91. The van der Waals surface area contributed by atoms with E-state index in [2.05, 4.69) is 17.2 Å². The number of nitrogens with one attached hydrogen (secondary N) is 2. The van der Waals surface area contributed by atoms with E-state index in [1.807, 2.05) is 0 Å². The third-order valence-corrected chi connectivity index (χ3v) is 1.58. The van der Waals surface area contributed by atoms with Crippen LogP contribution in [-0.4, -0.2) is 13.1 Å². The molecule has 1 rings (SSSR count). The van der Waals surface area contributed by atoms with E-state index in [1.54, 1.807) is 31.4 Å². The van der Waals surface area contributed by atoms with Crippen molar-refractivity contribution in [3.63, 3.8) is 0 Å². The minimum atomic E-state index is -0.315. The molecule has 1 aromatic carbocycles. The molecular formula is C10H12N2O2. The van der Waals surface area contributed by atoms with Crippen molar-refractivity contribution < 1.29 is 9.53 Å². The summed E-state index contributed by atoms with van der Waals surface area (Å²) in [5, 5.41) is 5.02. The number of carbonyl (C=O) groups is 1. The van der Waals surface area contributed by atoms with Gasteiger partial charge in [0.1, 0.15) is 5.75 Å². The molecule has 2 amide bonds. The second kappa shape index (κ2) is 4.91. The van der Waals surface area contributed by atoms with Gasteiger partial charge < -0.3 is 15.4 Å². The molecule has 4 heteroatoms. The maximum absolute atomic E-state index is 11.0. The summed E-state index contributed by atoms with van der Waals surface area (Å²) in [5.41, 5.74) is 0.699. The first-order valence-electron chi connectivity index (χ1n) is 4.08. The van der Waals surface area contributed by atoms with Crippen molar-refractivity contribution >= 4 is 11.7 Å². The zero-order chi connectivity index (χ0) is 10.4. The van der Waals surface area contributed by atoms with Crippen molar-refractivity contribution in [2.75, 3.05) is 12.4 Å². The van der Waals surface area contributed by atoms with Gasteiger partial charge >= 0.3 is 6.03 Å². The highest BCUT2D eigenvalue weighted by molar-refractivity contribution is 5.89. The summed E-state index contributed by atoms with van der Waals surface area (Å²) in [4.78, 5) is 11.0. The van der Waals surface area contributed by atoms with Gasteiger partial charge in [0, 0.05) is 5.69 Å². The predicted molar refractivity (Wildman–Crippen MR) is 55.3 cm³/mol. The van der Waals surface area contributed by atoms with E-state index >= 15 is 0 Å². The summed E-state index contributed by atoms with van der Waals surface area (Å²) in [6.07, 6.45) is 1.32. The number of ether oxygens (including phenoxy) is 1. The highest BCUT2D eigenvalue weighted by Gasteiger charge is 1.98. The Labute approximate surface area is 82.6 Å². The zero-order valence-electron chi connectivity index (χ0n) is 7.91. The Kier molecular flexibility index (Phi) is 3.55. The van der Waals surface area contributed by atoms with Gasteiger partial charge in [-0.15, -0.1) is 0 Å². The Morgan fingerprint density at radius 3 is 2.57 bits per heavy atom. The molecule has 1 aromatic rings. The molecule has 0 aliphatic heterocycles. The molecule has 0 aliphatic rings. The molecule has 2 N–H and O–H groups in total. The molecule has 0 bridgehead atoms. The molecular weight excluding hydrogens is 180 g/mol. The van der Waals surface area contributed by atoms with Gasteiger partial charge in [-0.25, -0.2) is 4.79 Å². The van der Waals surface area contributed by atoms with Crippen LogP contribution < -0.4 is 15.4 Å². The Morgan fingerprint density at radius 1 is 1.43 bits per heavy atom. The van der Waals surface area contributed by atoms with E-state index in [-0.39, 0.29) is 6.03 Å². The Hall–Kier alpha value is -1.97. The van der Waals surface area contributed by atoms with Crippen LogP contribution in [0.5, 0.6) is 5.75 Å². The van der Waals surface area contributed by atoms with E-state index < -0.39 is 0 Å². The number of hydrogen-bond donors (Lipinski definition) is 2. The molecule has 0 spiro atoms. The second-order valence-corrected chi connectivity index (χ2v) is 2.53. The Bertz CT molecular complexity index is 319. The number of urea groups is 1. The molecule has 0 aromatic heterocycles. The van der Waals surface area contributed by atoms with E-state index in [1.165, 1.54) is 6.20 Å². The largest absolute Gasteiger partial charge is 0.497 e. The fourth-order valence-corrected chi connectivity index (χ4v) is 0.934. The van der Waals surface area contributed by atoms with Crippen LogP contribution in [0.1, 0.15) is 0 Å². The van der Waals surface area contributed by atoms with Gasteiger partial charge in [-0.05, 0) is 30.5 Å². The maximum atomic E-state index is 11.0. The summed E-state index contributed by atoms with van der Waals surface area (Å²) < 4.78 is 4.98. The number of benzene rings is 1. The molecule has 0 heterocycles. The molecule has 0 saturated heterocycles. The summed E-state index contributed by atoms with van der Waals surface area (Å²) in [6, 6.07) is 6.72. The van der Waals surface area contributed by atoms with Crippen molar-refractivity contribution in [2.45, 2.75) is 0 Å². The van der Waals surface area contributed by atoms with Gasteiger partial charge in [-0.3, -0.25) is 0 Å². The van der Waals surface area contributed by atoms with Crippen molar-refractivity contribution in [1.82, 2.24) is 5.32 Å².